The average molecular weight is 338 g/mol. The van der Waals surface area contributed by atoms with Gasteiger partial charge in [0.1, 0.15) is 17.6 Å². The SMILES string of the molecule is COc1cccc(C(NC(=O)c2ccc(=O)[nH]c2)c2nccn2C)c1. The van der Waals surface area contributed by atoms with Crippen LogP contribution in [0.5, 0.6) is 5.75 Å². The second-order valence-electron chi connectivity index (χ2n) is 5.52. The molecule has 3 aromatic rings. The number of amides is 1. The number of pyridine rings is 1. The Morgan fingerprint density at radius 2 is 2.16 bits per heavy atom. The Balaban J connectivity index is 1.96. The molecule has 0 bridgehead atoms. The van der Waals surface area contributed by atoms with E-state index in [0.29, 0.717) is 17.1 Å². The average Bonchev–Trinajstić information content (AvgIpc) is 3.06. The van der Waals surface area contributed by atoms with Crippen LogP contribution in [0.1, 0.15) is 27.8 Å². The molecular weight excluding hydrogens is 320 g/mol. The second kappa shape index (κ2) is 7.04. The van der Waals surface area contributed by atoms with Crippen LogP contribution in [0.15, 0.2) is 59.8 Å². The van der Waals surface area contributed by atoms with E-state index in [9.17, 15) is 9.59 Å². The van der Waals surface area contributed by atoms with Gasteiger partial charge < -0.3 is 19.6 Å². The number of H-pyrrole nitrogens is 1. The van der Waals surface area contributed by atoms with Crippen LogP contribution in [0.2, 0.25) is 0 Å². The monoisotopic (exact) mass is 338 g/mol. The number of aromatic amines is 1. The highest BCUT2D eigenvalue weighted by atomic mass is 16.5. The van der Waals surface area contributed by atoms with Crippen molar-refractivity contribution in [1.29, 1.82) is 0 Å². The van der Waals surface area contributed by atoms with Crippen LogP contribution in [-0.2, 0) is 7.05 Å². The number of hydrogen-bond acceptors (Lipinski definition) is 4. The number of methoxy groups -OCH3 is 1. The van der Waals surface area contributed by atoms with Gasteiger partial charge in [0.2, 0.25) is 5.56 Å². The van der Waals surface area contributed by atoms with E-state index in [-0.39, 0.29) is 11.5 Å². The number of imidazole rings is 1. The number of aromatic nitrogens is 3. The Bertz CT molecular complexity index is 925. The topological polar surface area (TPSA) is 89.0 Å². The molecule has 7 nitrogen and oxygen atoms in total. The highest BCUT2D eigenvalue weighted by Gasteiger charge is 2.22. The molecule has 0 spiro atoms. The first-order chi connectivity index (χ1) is 12.1. The van der Waals surface area contributed by atoms with E-state index < -0.39 is 6.04 Å². The lowest BCUT2D eigenvalue weighted by Crippen LogP contribution is -2.31. The molecule has 0 fully saturated rings. The molecule has 25 heavy (non-hydrogen) atoms. The van der Waals surface area contributed by atoms with Gasteiger partial charge >= 0.3 is 0 Å². The van der Waals surface area contributed by atoms with Crippen molar-refractivity contribution in [2.45, 2.75) is 6.04 Å². The number of rotatable bonds is 5. The number of nitrogens with zero attached hydrogens (tertiary/aromatic N) is 2. The molecule has 1 aromatic carbocycles. The molecule has 1 atom stereocenters. The van der Waals surface area contributed by atoms with Crippen LogP contribution in [0.3, 0.4) is 0 Å². The van der Waals surface area contributed by atoms with Gasteiger partial charge in [-0.3, -0.25) is 9.59 Å². The first kappa shape index (κ1) is 16.5. The Hall–Kier alpha value is -3.35. The van der Waals surface area contributed by atoms with Gasteiger partial charge in [0.15, 0.2) is 0 Å². The fraction of sp³-hybridized carbons (Fsp3) is 0.167. The Labute approximate surface area is 144 Å². The van der Waals surface area contributed by atoms with Gasteiger partial charge in [-0.05, 0) is 23.8 Å². The quantitative estimate of drug-likeness (QED) is 0.740. The van der Waals surface area contributed by atoms with Crippen LogP contribution in [0.4, 0.5) is 0 Å². The zero-order chi connectivity index (χ0) is 17.8. The third-order valence-electron chi connectivity index (χ3n) is 3.87. The van der Waals surface area contributed by atoms with Crippen LogP contribution in [0.25, 0.3) is 0 Å². The summed E-state index contributed by atoms with van der Waals surface area (Å²) < 4.78 is 7.12. The largest absolute Gasteiger partial charge is 0.497 e. The molecule has 0 saturated carbocycles. The summed E-state index contributed by atoms with van der Waals surface area (Å²) in [4.78, 5) is 30.6. The van der Waals surface area contributed by atoms with Crippen molar-refractivity contribution >= 4 is 5.91 Å². The minimum atomic E-state index is -0.463. The van der Waals surface area contributed by atoms with E-state index in [1.807, 2.05) is 42.1 Å². The number of carbonyl (C=O) groups excluding carboxylic acids is 1. The zero-order valence-corrected chi connectivity index (χ0v) is 13.9. The van der Waals surface area contributed by atoms with Crippen LogP contribution in [0, 0.1) is 0 Å². The van der Waals surface area contributed by atoms with Crippen LogP contribution < -0.4 is 15.6 Å². The standard InChI is InChI=1S/C18H18N4O3/c1-22-9-8-19-17(22)16(12-4-3-5-14(10-12)25-2)21-18(24)13-6-7-15(23)20-11-13/h3-11,16H,1-2H3,(H,20,23)(H,21,24). The van der Waals surface area contributed by atoms with E-state index in [0.717, 1.165) is 5.56 Å². The molecule has 1 amide bonds. The summed E-state index contributed by atoms with van der Waals surface area (Å²) in [6.07, 6.45) is 4.88. The Morgan fingerprint density at radius 3 is 2.80 bits per heavy atom. The third-order valence-corrected chi connectivity index (χ3v) is 3.87. The summed E-state index contributed by atoms with van der Waals surface area (Å²) in [6, 6.07) is 9.78. The first-order valence-electron chi connectivity index (χ1n) is 7.69. The van der Waals surface area contributed by atoms with Gasteiger partial charge in [-0.15, -0.1) is 0 Å². The number of hydrogen-bond donors (Lipinski definition) is 2. The van der Waals surface area contributed by atoms with Gasteiger partial charge in [0, 0.05) is 31.7 Å². The first-order valence-corrected chi connectivity index (χ1v) is 7.69. The lowest BCUT2D eigenvalue weighted by Gasteiger charge is -2.19. The second-order valence-corrected chi connectivity index (χ2v) is 5.52. The third kappa shape index (κ3) is 3.60. The van der Waals surface area contributed by atoms with Crippen molar-refractivity contribution in [2.24, 2.45) is 7.05 Å². The summed E-state index contributed by atoms with van der Waals surface area (Å²) in [5.41, 5.74) is 0.943. The van der Waals surface area contributed by atoms with Crippen LogP contribution in [-0.4, -0.2) is 27.6 Å². The van der Waals surface area contributed by atoms with Gasteiger partial charge in [-0.25, -0.2) is 4.98 Å². The number of carbonyl (C=O) groups is 1. The van der Waals surface area contributed by atoms with E-state index in [1.165, 1.54) is 18.3 Å². The van der Waals surface area contributed by atoms with Crippen molar-refractivity contribution in [3.63, 3.8) is 0 Å². The Morgan fingerprint density at radius 1 is 1.32 bits per heavy atom. The van der Waals surface area contributed by atoms with E-state index in [4.69, 9.17) is 4.74 Å². The molecular formula is C18H18N4O3. The summed E-state index contributed by atoms with van der Waals surface area (Å²) in [5.74, 6) is 1.06. The van der Waals surface area contributed by atoms with Gasteiger partial charge in [0.05, 0.1) is 12.7 Å². The summed E-state index contributed by atoms with van der Waals surface area (Å²) >= 11 is 0. The number of ether oxygens (including phenoxy) is 1. The minimum absolute atomic E-state index is 0.259. The maximum absolute atomic E-state index is 12.6. The molecule has 7 heteroatoms. The molecule has 1 unspecified atom stereocenters. The molecule has 0 saturated heterocycles. The molecule has 2 aromatic heterocycles. The molecule has 2 N–H and O–H groups in total. The molecule has 3 rings (SSSR count). The van der Waals surface area contributed by atoms with Gasteiger partial charge in [0.25, 0.3) is 5.91 Å². The molecule has 0 aliphatic carbocycles. The van der Waals surface area contributed by atoms with E-state index >= 15 is 0 Å². The Kier molecular flexibility index (Phi) is 4.65. The zero-order valence-electron chi connectivity index (χ0n) is 13.9. The highest BCUT2D eigenvalue weighted by molar-refractivity contribution is 5.94. The summed E-state index contributed by atoms with van der Waals surface area (Å²) in [6.45, 7) is 0. The fourth-order valence-corrected chi connectivity index (χ4v) is 2.54. The number of benzene rings is 1. The minimum Gasteiger partial charge on any atom is -0.497 e. The number of aryl methyl sites for hydroxylation is 1. The van der Waals surface area contributed by atoms with Gasteiger partial charge in [-0.2, -0.15) is 0 Å². The van der Waals surface area contributed by atoms with Crippen molar-refractivity contribution < 1.29 is 9.53 Å². The molecule has 0 aliphatic rings. The molecule has 2 heterocycles. The highest BCUT2D eigenvalue weighted by Crippen LogP contribution is 2.24. The van der Waals surface area contributed by atoms with Crippen molar-refractivity contribution in [1.82, 2.24) is 19.9 Å². The summed E-state index contributed by atoms with van der Waals surface area (Å²) in [7, 11) is 3.45. The van der Waals surface area contributed by atoms with E-state index in [2.05, 4.69) is 15.3 Å². The molecule has 128 valence electrons. The van der Waals surface area contributed by atoms with Crippen molar-refractivity contribution in [3.8, 4) is 5.75 Å². The van der Waals surface area contributed by atoms with Gasteiger partial charge in [-0.1, -0.05) is 12.1 Å². The smallest absolute Gasteiger partial charge is 0.253 e. The summed E-state index contributed by atoms with van der Waals surface area (Å²) in [5, 5.41) is 2.96. The lowest BCUT2D eigenvalue weighted by molar-refractivity contribution is 0.0940. The fourth-order valence-electron chi connectivity index (χ4n) is 2.54. The number of nitrogens with one attached hydrogen (secondary N) is 2. The lowest BCUT2D eigenvalue weighted by atomic mass is 10.0. The van der Waals surface area contributed by atoms with Crippen molar-refractivity contribution in [3.05, 3.63) is 82.3 Å². The maximum atomic E-state index is 12.6. The predicted octanol–water partition coefficient (Wildman–Crippen LogP) is 1.64. The maximum Gasteiger partial charge on any atom is 0.253 e. The van der Waals surface area contributed by atoms with E-state index in [1.54, 1.807) is 13.3 Å². The predicted molar refractivity (Wildman–Crippen MR) is 92.6 cm³/mol. The van der Waals surface area contributed by atoms with Crippen molar-refractivity contribution in [2.75, 3.05) is 7.11 Å². The molecule has 0 radical (unpaired) electrons. The molecule has 0 aliphatic heterocycles. The van der Waals surface area contributed by atoms with Crippen LogP contribution >= 0.6 is 0 Å². The normalized spacial score (nSPS) is 11.8.